The van der Waals surface area contributed by atoms with Crippen LogP contribution in [0.4, 0.5) is 0 Å². The average Bonchev–Trinajstić information content (AvgIpc) is 2.49. The summed E-state index contributed by atoms with van der Waals surface area (Å²) in [5.74, 6) is -1.40. The second-order valence-electron chi connectivity index (χ2n) is 4.59. The number of hydrogen-bond acceptors (Lipinski definition) is 4. The lowest BCUT2D eigenvalue weighted by Gasteiger charge is -2.25. The summed E-state index contributed by atoms with van der Waals surface area (Å²) >= 11 is 0. The molecule has 1 atom stereocenters. The second-order valence-corrected chi connectivity index (χ2v) is 4.59. The van der Waals surface area contributed by atoms with E-state index in [4.69, 9.17) is 9.47 Å². The molecule has 0 fully saturated rings. The minimum Gasteiger partial charge on any atom is -0.480 e. The Labute approximate surface area is 124 Å². The Hall–Kier alpha value is -1.92. The van der Waals surface area contributed by atoms with E-state index < -0.39 is 12.0 Å². The number of ether oxygens (including phenoxy) is 2. The van der Waals surface area contributed by atoms with Crippen molar-refractivity contribution in [3.63, 3.8) is 0 Å². The quantitative estimate of drug-likeness (QED) is 0.682. The lowest BCUT2D eigenvalue weighted by atomic mass is 10.1. The normalized spacial score (nSPS) is 11.9. The van der Waals surface area contributed by atoms with Crippen LogP contribution in [0.5, 0.6) is 0 Å². The smallest absolute Gasteiger partial charge is 0.326 e. The fourth-order valence-electron chi connectivity index (χ4n) is 1.80. The van der Waals surface area contributed by atoms with Crippen molar-refractivity contribution >= 4 is 11.9 Å². The van der Waals surface area contributed by atoms with Gasteiger partial charge >= 0.3 is 5.97 Å². The van der Waals surface area contributed by atoms with Gasteiger partial charge < -0.3 is 19.5 Å². The first-order chi connectivity index (χ1) is 10.1. The molecule has 0 bridgehead atoms. The van der Waals surface area contributed by atoms with E-state index in [2.05, 4.69) is 0 Å². The minimum atomic E-state index is -1.04. The van der Waals surface area contributed by atoms with Crippen LogP contribution >= 0.6 is 0 Å². The van der Waals surface area contributed by atoms with Crippen LogP contribution in [-0.2, 0) is 25.5 Å². The summed E-state index contributed by atoms with van der Waals surface area (Å²) in [5.41, 5.74) is 0.866. The van der Waals surface area contributed by atoms with Gasteiger partial charge in [-0.15, -0.1) is 0 Å². The maximum absolute atomic E-state index is 11.9. The zero-order valence-corrected chi connectivity index (χ0v) is 12.3. The number of carbonyl (C=O) groups excluding carboxylic acids is 1. The molecule has 116 valence electrons. The van der Waals surface area contributed by atoms with Crippen molar-refractivity contribution in [1.29, 1.82) is 0 Å². The standard InChI is InChI=1S/C15H21NO5/c1-16(14(17)11-21-9-8-20-2)13(15(18)19)10-12-6-4-3-5-7-12/h3-7,13H,8-11H2,1-2H3,(H,18,19). The molecule has 1 aromatic rings. The number of rotatable bonds is 9. The molecule has 0 saturated carbocycles. The van der Waals surface area contributed by atoms with Gasteiger partial charge in [-0.25, -0.2) is 4.79 Å². The van der Waals surface area contributed by atoms with Crippen LogP contribution in [0.1, 0.15) is 5.56 Å². The first kappa shape index (κ1) is 17.1. The van der Waals surface area contributed by atoms with Crippen LogP contribution < -0.4 is 0 Å². The number of nitrogens with zero attached hydrogens (tertiary/aromatic N) is 1. The number of amides is 1. The molecule has 21 heavy (non-hydrogen) atoms. The van der Waals surface area contributed by atoms with Gasteiger partial charge in [0.25, 0.3) is 0 Å². The SMILES string of the molecule is COCCOCC(=O)N(C)C(Cc1ccccc1)C(=O)O. The minimum absolute atomic E-state index is 0.154. The summed E-state index contributed by atoms with van der Waals surface area (Å²) in [5, 5.41) is 9.31. The predicted molar refractivity (Wildman–Crippen MR) is 77.0 cm³/mol. The Morgan fingerprint density at radius 2 is 1.90 bits per heavy atom. The first-order valence-corrected chi connectivity index (χ1v) is 6.65. The average molecular weight is 295 g/mol. The predicted octanol–water partition coefficient (Wildman–Crippen LogP) is 0.804. The molecule has 1 unspecified atom stereocenters. The fourth-order valence-corrected chi connectivity index (χ4v) is 1.80. The van der Waals surface area contributed by atoms with E-state index in [1.54, 1.807) is 0 Å². The van der Waals surface area contributed by atoms with Crippen molar-refractivity contribution in [3.8, 4) is 0 Å². The topological polar surface area (TPSA) is 76.1 Å². The number of carboxylic acid groups (broad SMARTS) is 1. The van der Waals surface area contributed by atoms with E-state index in [1.165, 1.54) is 19.1 Å². The number of benzene rings is 1. The maximum Gasteiger partial charge on any atom is 0.326 e. The van der Waals surface area contributed by atoms with Crippen LogP contribution in [0.2, 0.25) is 0 Å². The maximum atomic E-state index is 11.9. The highest BCUT2D eigenvalue weighted by Gasteiger charge is 2.26. The van der Waals surface area contributed by atoms with Crippen molar-refractivity contribution in [2.75, 3.05) is 34.0 Å². The number of carboxylic acids is 1. The third-order valence-corrected chi connectivity index (χ3v) is 3.08. The molecule has 0 aliphatic carbocycles. The highest BCUT2D eigenvalue weighted by atomic mass is 16.5. The molecule has 0 radical (unpaired) electrons. The van der Waals surface area contributed by atoms with Crippen molar-refractivity contribution in [2.24, 2.45) is 0 Å². The van der Waals surface area contributed by atoms with E-state index in [1.807, 2.05) is 30.3 Å². The van der Waals surface area contributed by atoms with Gasteiger partial charge in [0.15, 0.2) is 0 Å². The first-order valence-electron chi connectivity index (χ1n) is 6.65. The van der Waals surface area contributed by atoms with Crippen LogP contribution in [0.15, 0.2) is 30.3 Å². The highest BCUT2D eigenvalue weighted by Crippen LogP contribution is 2.08. The van der Waals surface area contributed by atoms with Crippen LogP contribution in [0.3, 0.4) is 0 Å². The van der Waals surface area contributed by atoms with Gasteiger partial charge in [-0.1, -0.05) is 30.3 Å². The molecule has 6 nitrogen and oxygen atoms in total. The highest BCUT2D eigenvalue weighted by molar-refractivity contribution is 5.84. The van der Waals surface area contributed by atoms with Crippen LogP contribution in [-0.4, -0.2) is 61.9 Å². The fraction of sp³-hybridized carbons (Fsp3) is 0.467. The molecular weight excluding hydrogens is 274 g/mol. The van der Waals surface area contributed by atoms with Crippen molar-refractivity contribution < 1.29 is 24.2 Å². The molecule has 0 saturated heterocycles. The number of hydrogen-bond donors (Lipinski definition) is 1. The van der Waals surface area contributed by atoms with Gasteiger partial charge in [0, 0.05) is 20.6 Å². The summed E-state index contributed by atoms with van der Waals surface area (Å²) < 4.78 is 9.93. The Morgan fingerprint density at radius 3 is 2.48 bits per heavy atom. The monoisotopic (exact) mass is 295 g/mol. The van der Waals surface area contributed by atoms with Gasteiger partial charge in [-0.2, -0.15) is 0 Å². The summed E-state index contributed by atoms with van der Waals surface area (Å²) in [6.45, 7) is 0.536. The number of methoxy groups -OCH3 is 1. The molecule has 0 aliphatic heterocycles. The van der Waals surface area contributed by atoms with Crippen molar-refractivity contribution in [1.82, 2.24) is 4.90 Å². The summed E-state index contributed by atoms with van der Waals surface area (Å²) in [4.78, 5) is 24.5. The zero-order valence-electron chi connectivity index (χ0n) is 12.3. The Bertz CT molecular complexity index is 449. The van der Waals surface area contributed by atoms with E-state index >= 15 is 0 Å². The third-order valence-electron chi connectivity index (χ3n) is 3.08. The van der Waals surface area contributed by atoms with Crippen LogP contribution in [0.25, 0.3) is 0 Å². The number of likely N-dealkylation sites (N-methyl/N-ethyl adjacent to an activating group) is 1. The second kappa shape index (κ2) is 9.10. The largest absolute Gasteiger partial charge is 0.480 e. The van der Waals surface area contributed by atoms with Gasteiger partial charge in [0.05, 0.1) is 13.2 Å². The summed E-state index contributed by atoms with van der Waals surface area (Å²) in [7, 11) is 3.02. The Balaban J connectivity index is 2.58. The molecule has 1 N–H and O–H groups in total. The van der Waals surface area contributed by atoms with Crippen molar-refractivity contribution in [2.45, 2.75) is 12.5 Å². The van der Waals surface area contributed by atoms with Crippen molar-refractivity contribution in [3.05, 3.63) is 35.9 Å². The molecule has 1 amide bonds. The lowest BCUT2D eigenvalue weighted by Crippen LogP contribution is -2.45. The van der Waals surface area contributed by atoms with Gasteiger partial charge in [0.2, 0.25) is 5.91 Å². The molecule has 0 aliphatic rings. The molecular formula is C15H21NO5. The lowest BCUT2D eigenvalue weighted by molar-refractivity contribution is -0.151. The third kappa shape index (κ3) is 5.93. The van der Waals surface area contributed by atoms with E-state index in [-0.39, 0.29) is 18.9 Å². The molecule has 0 aromatic heterocycles. The zero-order chi connectivity index (χ0) is 15.7. The Kier molecular flexibility index (Phi) is 7.42. The van der Waals surface area contributed by atoms with Crippen LogP contribution in [0, 0.1) is 0 Å². The summed E-state index contributed by atoms with van der Waals surface area (Å²) in [6.07, 6.45) is 0.260. The van der Waals surface area contributed by atoms with E-state index in [9.17, 15) is 14.7 Å². The van der Waals surface area contributed by atoms with Gasteiger partial charge in [-0.05, 0) is 5.56 Å². The van der Waals surface area contributed by atoms with E-state index in [0.29, 0.717) is 13.2 Å². The molecule has 1 rings (SSSR count). The summed E-state index contributed by atoms with van der Waals surface area (Å²) in [6, 6.07) is 8.30. The van der Waals surface area contributed by atoms with E-state index in [0.717, 1.165) is 5.56 Å². The van der Waals surface area contributed by atoms with Gasteiger partial charge in [0.1, 0.15) is 12.6 Å². The molecule has 1 aromatic carbocycles. The molecule has 6 heteroatoms. The molecule has 0 spiro atoms. The number of carbonyl (C=O) groups is 2. The number of aliphatic carboxylic acids is 1. The molecule has 0 heterocycles. The van der Waals surface area contributed by atoms with Gasteiger partial charge in [-0.3, -0.25) is 4.79 Å². The Morgan fingerprint density at radius 1 is 1.24 bits per heavy atom.